The lowest BCUT2D eigenvalue weighted by Gasteiger charge is -2.23. The van der Waals surface area contributed by atoms with Gasteiger partial charge in [-0.05, 0) is 36.1 Å². The number of piperidine rings is 1. The van der Waals surface area contributed by atoms with Crippen molar-refractivity contribution >= 4 is 0 Å². The minimum absolute atomic E-state index is 0.104. The van der Waals surface area contributed by atoms with Crippen LogP contribution in [0.15, 0.2) is 0 Å². The third-order valence-electron chi connectivity index (χ3n) is 4.14. The molecule has 1 aromatic rings. The molecule has 1 saturated carbocycles. The topological polar surface area (TPSA) is 46.8 Å². The van der Waals surface area contributed by atoms with Crippen LogP contribution in [0.3, 0.4) is 0 Å². The Hall–Kier alpha value is -1.18. The molecule has 106 valence electrons. The second-order valence-corrected chi connectivity index (χ2v) is 5.71. The van der Waals surface area contributed by atoms with Gasteiger partial charge in [0, 0.05) is 25.0 Å². The molecule has 19 heavy (non-hydrogen) atoms. The third kappa shape index (κ3) is 2.33. The third-order valence-corrected chi connectivity index (χ3v) is 4.14. The van der Waals surface area contributed by atoms with Crippen molar-refractivity contribution in [3.05, 3.63) is 5.82 Å². The van der Waals surface area contributed by atoms with E-state index < -0.39 is 12.7 Å². The Kier molecular flexibility index (Phi) is 2.81. The number of fused-ring (bicyclic) bond motifs is 1. The van der Waals surface area contributed by atoms with Gasteiger partial charge in [-0.15, -0.1) is 5.10 Å². The van der Waals surface area contributed by atoms with E-state index >= 15 is 0 Å². The smallest absolute Gasteiger partial charge is 0.300 e. The molecule has 0 spiro atoms. The zero-order chi connectivity index (χ0) is 13.8. The molecular formula is C11H16F3N5. The lowest BCUT2D eigenvalue weighted by Crippen LogP contribution is -2.31. The summed E-state index contributed by atoms with van der Waals surface area (Å²) in [6.45, 7) is 5.04. The summed E-state index contributed by atoms with van der Waals surface area (Å²) in [7, 11) is 0. The fourth-order valence-corrected chi connectivity index (χ4v) is 3.10. The highest BCUT2D eigenvalue weighted by Gasteiger charge is 2.59. The predicted molar refractivity (Wildman–Crippen MR) is 60.3 cm³/mol. The van der Waals surface area contributed by atoms with Gasteiger partial charge in [0.25, 0.3) is 0 Å². The van der Waals surface area contributed by atoms with Crippen LogP contribution >= 0.6 is 0 Å². The summed E-state index contributed by atoms with van der Waals surface area (Å²) >= 11 is 0. The quantitative estimate of drug-likeness (QED) is 0.834. The maximum absolute atomic E-state index is 12.4. The van der Waals surface area contributed by atoms with E-state index in [4.69, 9.17) is 0 Å². The van der Waals surface area contributed by atoms with Crippen LogP contribution in [0.4, 0.5) is 13.2 Å². The fraction of sp³-hybridized carbons (Fsp3) is 0.909. The molecule has 1 aromatic heterocycles. The van der Waals surface area contributed by atoms with E-state index in [0.717, 1.165) is 17.8 Å². The molecule has 3 atom stereocenters. The summed E-state index contributed by atoms with van der Waals surface area (Å²) in [4.78, 5) is 2.35. The van der Waals surface area contributed by atoms with Crippen molar-refractivity contribution in [3.8, 4) is 0 Å². The number of alkyl halides is 3. The Balaban J connectivity index is 1.69. The summed E-state index contributed by atoms with van der Waals surface area (Å²) < 4.78 is 38.2. The van der Waals surface area contributed by atoms with E-state index in [9.17, 15) is 13.2 Å². The minimum atomic E-state index is -4.28. The maximum Gasteiger partial charge on any atom is 0.408 e. The monoisotopic (exact) mass is 275 g/mol. The SMILES string of the molecule is CC(C)N1C[C@@H]2[C@H](C1)[C@H]2c1nnnn1CC(F)(F)F. The Labute approximate surface area is 108 Å². The van der Waals surface area contributed by atoms with Crippen LogP contribution in [0.25, 0.3) is 0 Å². The highest BCUT2D eigenvalue weighted by molar-refractivity contribution is 5.19. The Morgan fingerprint density at radius 3 is 2.42 bits per heavy atom. The van der Waals surface area contributed by atoms with Crippen LogP contribution in [0.5, 0.6) is 0 Å². The Bertz CT molecular complexity index is 457. The number of likely N-dealkylation sites (tertiary alicyclic amines) is 1. The van der Waals surface area contributed by atoms with Crippen LogP contribution in [-0.4, -0.2) is 50.4 Å². The first-order valence-corrected chi connectivity index (χ1v) is 6.43. The van der Waals surface area contributed by atoms with Gasteiger partial charge in [0.05, 0.1) is 0 Å². The van der Waals surface area contributed by atoms with Gasteiger partial charge >= 0.3 is 6.18 Å². The van der Waals surface area contributed by atoms with Crippen molar-refractivity contribution in [3.63, 3.8) is 0 Å². The molecule has 1 aliphatic carbocycles. The van der Waals surface area contributed by atoms with Gasteiger partial charge in [0.2, 0.25) is 0 Å². The van der Waals surface area contributed by atoms with Crippen LogP contribution in [-0.2, 0) is 6.54 Å². The zero-order valence-corrected chi connectivity index (χ0v) is 10.8. The van der Waals surface area contributed by atoms with Gasteiger partial charge in [-0.25, -0.2) is 4.68 Å². The standard InChI is InChI=1S/C11H16F3N5/c1-6(2)18-3-7-8(4-18)9(7)10-15-16-17-19(10)5-11(12,13)14/h6-9H,3-5H2,1-2H3/t7-,8+,9+. The average molecular weight is 275 g/mol. The number of hydrogen-bond acceptors (Lipinski definition) is 4. The molecule has 2 aliphatic rings. The summed E-state index contributed by atoms with van der Waals surface area (Å²) in [6.07, 6.45) is -4.28. The molecule has 0 aromatic carbocycles. The second kappa shape index (κ2) is 4.16. The molecule has 2 heterocycles. The van der Waals surface area contributed by atoms with Crippen LogP contribution < -0.4 is 0 Å². The largest absolute Gasteiger partial charge is 0.408 e. The first-order valence-electron chi connectivity index (χ1n) is 6.43. The zero-order valence-electron chi connectivity index (χ0n) is 10.8. The van der Waals surface area contributed by atoms with E-state index in [0.29, 0.717) is 23.7 Å². The van der Waals surface area contributed by atoms with Crippen molar-refractivity contribution in [2.45, 2.75) is 38.5 Å². The molecule has 0 amide bonds. The van der Waals surface area contributed by atoms with Crippen molar-refractivity contribution < 1.29 is 13.2 Å². The first-order chi connectivity index (χ1) is 8.87. The molecule has 3 rings (SSSR count). The maximum atomic E-state index is 12.4. The van der Waals surface area contributed by atoms with E-state index in [2.05, 4.69) is 34.3 Å². The first kappa shape index (κ1) is 12.8. The van der Waals surface area contributed by atoms with E-state index in [1.165, 1.54) is 0 Å². The Morgan fingerprint density at radius 1 is 1.26 bits per heavy atom. The van der Waals surface area contributed by atoms with E-state index in [1.807, 2.05) is 0 Å². The fourth-order valence-electron chi connectivity index (χ4n) is 3.10. The van der Waals surface area contributed by atoms with Gasteiger partial charge in [-0.1, -0.05) is 0 Å². The van der Waals surface area contributed by atoms with Crippen molar-refractivity contribution in [1.29, 1.82) is 0 Å². The summed E-state index contributed by atoms with van der Waals surface area (Å²) in [5.74, 6) is 1.34. The molecule has 0 unspecified atom stereocenters. The number of nitrogens with zero attached hydrogens (tertiary/aromatic N) is 5. The minimum Gasteiger partial charge on any atom is -0.300 e. The molecule has 1 saturated heterocycles. The lowest BCUT2D eigenvalue weighted by molar-refractivity contribution is -0.143. The highest BCUT2D eigenvalue weighted by atomic mass is 19.4. The summed E-state index contributed by atoms with van der Waals surface area (Å²) in [5, 5.41) is 10.7. The van der Waals surface area contributed by atoms with Crippen molar-refractivity contribution in [2.75, 3.05) is 13.1 Å². The van der Waals surface area contributed by atoms with Gasteiger partial charge in [-0.3, -0.25) is 0 Å². The van der Waals surface area contributed by atoms with Crippen molar-refractivity contribution in [1.82, 2.24) is 25.1 Å². The highest BCUT2D eigenvalue weighted by Crippen LogP contribution is 2.57. The summed E-state index contributed by atoms with van der Waals surface area (Å²) in [6, 6.07) is 0.486. The molecule has 1 aliphatic heterocycles. The molecule has 2 fully saturated rings. The number of aromatic nitrogens is 4. The number of tetrazole rings is 1. The molecule has 0 bridgehead atoms. The van der Waals surface area contributed by atoms with Crippen molar-refractivity contribution in [2.24, 2.45) is 11.8 Å². The molecule has 0 N–H and O–H groups in total. The van der Waals surface area contributed by atoms with E-state index in [1.54, 1.807) is 0 Å². The molecular weight excluding hydrogens is 259 g/mol. The van der Waals surface area contributed by atoms with Crippen LogP contribution in [0, 0.1) is 11.8 Å². The normalized spacial score (nSPS) is 30.9. The Morgan fingerprint density at radius 2 is 1.89 bits per heavy atom. The predicted octanol–water partition coefficient (Wildman–Crippen LogP) is 1.29. The molecule has 0 radical (unpaired) electrons. The second-order valence-electron chi connectivity index (χ2n) is 5.71. The molecule has 8 heteroatoms. The average Bonchev–Trinajstić information content (AvgIpc) is 2.67. The van der Waals surface area contributed by atoms with Crippen LogP contribution in [0.2, 0.25) is 0 Å². The van der Waals surface area contributed by atoms with Gasteiger partial charge in [0.1, 0.15) is 6.54 Å². The number of halogens is 3. The number of hydrogen-bond donors (Lipinski definition) is 0. The lowest BCUT2D eigenvalue weighted by atomic mass is 10.2. The van der Waals surface area contributed by atoms with Gasteiger partial charge in [-0.2, -0.15) is 13.2 Å². The summed E-state index contributed by atoms with van der Waals surface area (Å²) in [5.41, 5.74) is 0. The van der Waals surface area contributed by atoms with Gasteiger partial charge < -0.3 is 4.90 Å². The molecule has 5 nitrogen and oxygen atoms in total. The van der Waals surface area contributed by atoms with Crippen LogP contribution in [0.1, 0.15) is 25.6 Å². The van der Waals surface area contributed by atoms with Gasteiger partial charge in [0.15, 0.2) is 5.82 Å². The van der Waals surface area contributed by atoms with E-state index in [-0.39, 0.29) is 5.92 Å². The number of rotatable bonds is 3.